The number of aryl methyl sites for hydroxylation is 1. The van der Waals surface area contributed by atoms with Crippen LogP contribution < -0.4 is 0 Å². The fourth-order valence-electron chi connectivity index (χ4n) is 3.87. The molecule has 4 aromatic carbocycles. The molecule has 0 amide bonds. The van der Waals surface area contributed by atoms with Crippen molar-refractivity contribution in [2.45, 2.75) is 6.92 Å². The van der Waals surface area contributed by atoms with Crippen molar-refractivity contribution >= 4 is 16.6 Å². The van der Waals surface area contributed by atoms with Gasteiger partial charge in [-0.05, 0) is 40.5 Å². The second-order valence-corrected chi connectivity index (χ2v) is 6.63. The lowest BCUT2D eigenvalue weighted by atomic mass is 9.92. The number of hydrogen-bond acceptors (Lipinski definition) is 1. The van der Waals surface area contributed by atoms with Crippen molar-refractivity contribution in [3.05, 3.63) is 95.6 Å². The van der Waals surface area contributed by atoms with Crippen molar-refractivity contribution in [3.63, 3.8) is 0 Å². The molecule has 0 atom stereocenters. The number of fused-ring (bicyclic) bond motifs is 3. The molecule has 0 radical (unpaired) electrons. The third-order valence-corrected chi connectivity index (χ3v) is 5.09. The second kappa shape index (κ2) is 5.15. The van der Waals surface area contributed by atoms with E-state index in [9.17, 15) is 4.79 Å². The molecule has 1 nitrogen and oxygen atoms in total. The zero-order valence-corrected chi connectivity index (χ0v) is 13.9. The van der Waals surface area contributed by atoms with Gasteiger partial charge in [0, 0.05) is 16.7 Å². The number of carbonyl (C=O) groups excluding carboxylic acids is 1. The number of rotatable bonds is 2. The molecule has 0 bridgehead atoms. The number of benzene rings is 4. The summed E-state index contributed by atoms with van der Waals surface area (Å²) >= 11 is 0. The van der Waals surface area contributed by atoms with Crippen molar-refractivity contribution < 1.29 is 4.79 Å². The smallest absolute Gasteiger partial charge is 0.193 e. The Morgan fingerprint density at radius 2 is 1.40 bits per heavy atom. The van der Waals surface area contributed by atoms with E-state index in [1.807, 2.05) is 43.3 Å². The van der Waals surface area contributed by atoms with Crippen molar-refractivity contribution in [2.24, 2.45) is 0 Å². The molecule has 0 N–H and O–H groups in total. The molecule has 118 valence electrons. The van der Waals surface area contributed by atoms with Crippen LogP contribution in [-0.4, -0.2) is 5.78 Å². The molecule has 0 aliphatic heterocycles. The molecular weight excluding hydrogens is 304 g/mol. The molecule has 0 aromatic heterocycles. The number of ketones is 1. The largest absolute Gasteiger partial charge is 0.289 e. The number of carbonyl (C=O) groups is 1. The predicted molar refractivity (Wildman–Crippen MR) is 103 cm³/mol. The Bertz CT molecular complexity index is 1150. The highest BCUT2D eigenvalue weighted by molar-refractivity contribution is 6.24. The van der Waals surface area contributed by atoms with Gasteiger partial charge in [0.1, 0.15) is 0 Å². The minimum Gasteiger partial charge on any atom is -0.289 e. The Kier molecular flexibility index (Phi) is 2.92. The quantitative estimate of drug-likeness (QED) is 0.363. The van der Waals surface area contributed by atoms with Crippen LogP contribution in [0.1, 0.15) is 21.5 Å². The first-order valence-electron chi connectivity index (χ1n) is 8.51. The van der Waals surface area contributed by atoms with Gasteiger partial charge in [-0.1, -0.05) is 78.4 Å². The average Bonchev–Trinajstić information content (AvgIpc) is 2.99. The zero-order chi connectivity index (χ0) is 17.0. The van der Waals surface area contributed by atoms with Crippen LogP contribution in [0.15, 0.2) is 78.9 Å². The average molecular weight is 320 g/mol. The van der Waals surface area contributed by atoms with E-state index < -0.39 is 0 Å². The Morgan fingerprint density at radius 3 is 2.20 bits per heavy atom. The van der Waals surface area contributed by atoms with Crippen molar-refractivity contribution in [1.29, 1.82) is 0 Å². The topological polar surface area (TPSA) is 17.1 Å². The van der Waals surface area contributed by atoms with E-state index in [2.05, 4.69) is 42.5 Å². The van der Waals surface area contributed by atoms with Gasteiger partial charge in [-0.2, -0.15) is 0 Å². The van der Waals surface area contributed by atoms with E-state index in [-0.39, 0.29) is 5.78 Å². The summed E-state index contributed by atoms with van der Waals surface area (Å²) in [6, 6.07) is 26.6. The lowest BCUT2D eigenvalue weighted by Gasteiger charge is -2.10. The van der Waals surface area contributed by atoms with Crippen LogP contribution in [0, 0.1) is 6.92 Å². The first-order chi connectivity index (χ1) is 12.2. The molecule has 0 saturated heterocycles. The molecule has 0 saturated carbocycles. The maximum absolute atomic E-state index is 13.2. The fraction of sp³-hybridized carbons (Fsp3) is 0.0417. The van der Waals surface area contributed by atoms with E-state index in [0.29, 0.717) is 0 Å². The van der Waals surface area contributed by atoms with Crippen LogP contribution in [-0.2, 0) is 0 Å². The molecule has 0 fully saturated rings. The van der Waals surface area contributed by atoms with Crippen LogP contribution in [0.2, 0.25) is 0 Å². The summed E-state index contributed by atoms with van der Waals surface area (Å²) in [5, 5.41) is 2.38. The Hall–Kier alpha value is -3.19. The Balaban J connectivity index is 1.82. The van der Waals surface area contributed by atoms with Gasteiger partial charge in [-0.3, -0.25) is 4.79 Å². The van der Waals surface area contributed by atoms with Crippen LogP contribution in [0.5, 0.6) is 0 Å². The Morgan fingerprint density at radius 1 is 0.680 bits per heavy atom. The maximum atomic E-state index is 13.2. The van der Waals surface area contributed by atoms with Gasteiger partial charge in [0.15, 0.2) is 5.78 Å². The lowest BCUT2D eigenvalue weighted by molar-refractivity contribution is 0.103. The zero-order valence-electron chi connectivity index (χ0n) is 13.9. The predicted octanol–water partition coefficient (Wildman–Crippen LogP) is 6.03. The van der Waals surface area contributed by atoms with Crippen molar-refractivity contribution in [2.75, 3.05) is 0 Å². The SMILES string of the molecule is Cc1ccc(C(=O)c2ccc3cccc4c3c2-c2ccccc2-4)cc1. The van der Waals surface area contributed by atoms with Crippen LogP contribution in [0.4, 0.5) is 0 Å². The maximum Gasteiger partial charge on any atom is 0.193 e. The highest BCUT2D eigenvalue weighted by atomic mass is 16.1. The van der Waals surface area contributed by atoms with Gasteiger partial charge in [0.05, 0.1) is 0 Å². The van der Waals surface area contributed by atoms with E-state index >= 15 is 0 Å². The van der Waals surface area contributed by atoms with Gasteiger partial charge >= 0.3 is 0 Å². The molecule has 1 aliphatic rings. The first-order valence-corrected chi connectivity index (χ1v) is 8.51. The van der Waals surface area contributed by atoms with Crippen molar-refractivity contribution in [1.82, 2.24) is 0 Å². The lowest BCUT2D eigenvalue weighted by Crippen LogP contribution is -2.03. The Labute approximate surface area is 146 Å². The van der Waals surface area contributed by atoms with Gasteiger partial charge in [0.2, 0.25) is 0 Å². The molecule has 5 rings (SSSR count). The molecular formula is C24H16O. The molecule has 1 heteroatoms. The highest BCUT2D eigenvalue weighted by Gasteiger charge is 2.26. The number of hydrogen-bond donors (Lipinski definition) is 0. The summed E-state index contributed by atoms with van der Waals surface area (Å²) in [6.07, 6.45) is 0. The molecule has 0 unspecified atom stereocenters. The molecule has 0 heterocycles. The minimum atomic E-state index is 0.0865. The monoisotopic (exact) mass is 320 g/mol. The normalized spacial score (nSPS) is 11.6. The second-order valence-electron chi connectivity index (χ2n) is 6.63. The summed E-state index contributed by atoms with van der Waals surface area (Å²) in [6.45, 7) is 2.03. The third kappa shape index (κ3) is 1.99. The standard InChI is InChI=1S/C24H16O/c1-15-9-11-17(12-10-15)24(25)21-14-13-16-5-4-8-19-18-6-2-3-7-20(18)23(21)22(16)19/h2-14H,1H3. The molecule has 1 aliphatic carbocycles. The van der Waals surface area contributed by atoms with Crippen LogP contribution >= 0.6 is 0 Å². The van der Waals surface area contributed by atoms with Gasteiger partial charge in [-0.15, -0.1) is 0 Å². The van der Waals surface area contributed by atoms with E-state index in [0.717, 1.165) is 27.8 Å². The molecule has 25 heavy (non-hydrogen) atoms. The van der Waals surface area contributed by atoms with E-state index in [1.54, 1.807) is 0 Å². The minimum absolute atomic E-state index is 0.0865. The van der Waals surface area contributed by atoms with Crippen LogP contribution in [0.3, 0.4) is 0 Å². The molecule has 4 aromatic rings. The van der Waals surface area contributed by atoms with Crippen molar-refractivity contribution in [3.8, 4) is 22.3 Å². The summed E-state index contributed by atoms with van der Waals surface area (Å²) < 4.78 is 0. The summed E-state index contributed by atoms with van der Waals surface area (Å²) in [5.74, 6) is 0.0865. The fourth-order valence-corrected chi connectivity index (χ4v) is 3.87. The summed E-state index contributed by atoms with van der Waals surface area (Å²) in [7, 11) is 0. The van der Waals surface area contributed by atoms with Gasteiger partial charge in [-0.25, -0.2) is 0 Å². The van der Waals surface area contributed by atoms with Gasteiger partial charge in [0.25, 0.3) is 0 Å². The molecule has 0 spiro atoms. The van der Waals surface area contributed by atoms with Gasteiger partial charge < -0.3 is 0 Å². The summed E-state index contributed by atoms with van der Waals surface area (Å²) in [4.78, 5) is 13.2. The third-order valence-electron chi connectivity index (χ3n) is 5.09. The first kappa shape index (κ1) is 14.2. The van der Waals surface area contributed by atoms with E-state index in [1.165, 1.54) is 21.9 Å². The highest BCUT2D eigenvalue weighted by Crippen LogP contribution is 2.48. The summed E-state index contributed by atoms with van der Waals surface area (Å²) in [5.41, 5.74) is 7.36. The van der Waals surface area contributed by atoms with Crippen LogP contribution in [0.25, 0.3) is 33.0 Å². The van der Waals surface area contributed by atoms with E-state index in [4.69, 9.17) is 0 Å².